The van der Waals surface area contributed by atoms with E-state index in [1.807, 2.05) is 4.68 Å². The van der Waals surface area contributed by atoms with Gasteiger partial charge in [-0.15, -0.1) is 4.68 Å². The van der Waals surface area contributed by atoms with Gasteiger partial charge in [-0.25, -0.2) is 4.98 Å². The number of nitrogens with one attached hydrogen (secondary N) is 1. The fourth-order valence-electron chi connectivity index (χ4n) is 2.40. The summed E-state index contributed by atoms with van der Waals surface area (Å²) in [6.07, 6.45) is 3.98. The minimum Gasteiger partial charge on any atom is -0.266 e. The molecule has 7 heteroatoms. The van der Waals surface area contributed by atoms with Crippen LogP contribution in [0.5, 0.6) is 0 Å². The Kier molecular flexibility index (Phi) is 2.34. The van der Waals surface area contributed by atoms with Crippen LogP contribution in [0.4, 0.5) is 0 Å². The number of aromatic nitrogens is 5. The highest BCUT2D eigenvalue weighted by Crippen LogP contribution is 2.21. The van der Waals surface area contributed by atoms with E-state index in [1.165, 1.54) is 6.42 Å². The highest BCUT2D eigenvalue weighted by Gasteiger charge is 2.26. The lowest BCUT2D eigenvalue weighted by atomic mass is 10.3. The fraction of sp³-hybridized carbons (Fsp3) is 0.333. The van der Waals surface area contributed by atoms with E-state index in [4.69, 9.17) is 0 Å². The van der Waals surface area contributed by atoms with Crippen molar-refractivity contribution in [3.63, 3.8) is 0 Å². The maximum absolute atomic E-state index is 12.1. The Labute approximate surface area is 112 Å². The largest absolute Gasteiger partial charge is 0.364 e. The van der Waals surface area contributed by atoms with Gasteiger partial charge in [-0.1, -0.05) is 4.52 Å². The van der Waals surface area contributed by atoms with E-state index in [0.717, 1.165) is 29.5 Å². The second kappa shape index (κ2) is 4.06. The number of H-pyrrole nitrogens is 1. The molecule has 0 radical (unpaired) electrons. The van der Waals surface area contributed by atoms with Crippen LogP contribution >= 0.6 is 11.8 Å². The van der Waals surface area contributed by atoms with E-state index in [0.29, 0.717) is 10.9 Å². The van der Waals surface area contributed by atoms with Gasteiger partial charge in [0.1, 0.15) is 12.1 Å². The van der Waals surface area contributed by atoms with Gasteiger partial charge in [0.25, 0.3) is 5.56 Å². The minimum absolute atomic E-state index is 0.124. The third-order valence-electron chi connectivity index (χ3n) is 3.31. The predicted octanol–water partition coefficient (Wildman–Crippen LogP) is 0.744. The molecule has 0 saturated carbocycles. The van der Waals surface area contributed by atoms with Crippen LogP contribution in [-0.2, 0) is 6.54 Å². The highest BCUT2D eigenvalue weighted by molar-refractivity contribution is 7.99. The molecule has 19 heavy (non-hydrogen) atoms. The summed E-state index contributed by atoms with van der Waals surface area (Å²) in [5.74, 6) is 1.05. The summed E-state index contributed by atoms with van der Waals surface area (Å²) in [6.45, 7) is 0.889. The van der Waals surface area contributed by atoms with Crippen LogP contribution in [0.3, 0.4) is 0 Å². The van der Waals surface area contributed by atoms with Crippen molar-refractivity contribution >= 4 is 28.3 Å². The Bertz CT molecular complexity index is 837. The summed E-state index contributed by atoms with van der Waals surface area (Å²) in [4.78, 5) is 16.4. The molecule has 0 bridgehead atoms. The average molecular weight is 274 g/mol. The molecule has 1 aliphatic heterocycles. The van der Waals surface area contributed by atoms with Gasteiger partial charge in [0.2, 0.25) is 0 Å². The monoisotopic (exact) mass is 274 g/mol. The Morgan fingerprint density at radius 3 is 3.32 bits per heavy atom. The molecule has 0 aromatic carbocycles. The van der Waals surface area contributed by atoms with Crippen LogP contribution in [0.1, 0.15) is 12.8 Å². The zero-order valence-corrected chi connectivity index (χ0v) is 11.0. The molecular weight excluding hydrogens is 262 g/mol. The summed E-state index contributed by atoms with van der Waals surface area (Å²) in [6, 6.07) is 3.54. The van der Waals surface area contributed by atoms with E-state index < -0.39 is 0 Å². The second-order valence-electron chi connectivity index (χ2n) is 4.56. The Morgan fingerprint density at radius 2 is 2.37 bits per heavy atom. The number of pyridine rings is 1. The number of aromatic amines is 1. The first-order valence-corrected chi connectivity index (χ1v) is 7.25. The van der Waals surface area contributed by atoms with Gasteiger partial charge in [0.05, 0.1) is 5.39 Å². The molecule has 0 aliphatic carbocycles. The summed E-state index contributed by atoms with van der Waals surface area (Å²) >= 11 is 1.73. The molecule has 1 N–H and O–H groups in total. The topological polar surface area (TPSA) is 66.9 Å². The van der Waals surface area contributed by atoms with Crippen molar-refractivity contribution in [2.75, 3.05) is 5.75 Å². The van der Waals surface area contributed by atoms with Crippen LogP contribution in [0.15, 0.2) is 28.3 Å². The molecule has 1 aliphatic rings. The highest BCUT2D eigenvalue weighted by atomic mass is 32.2. The van der Waals surface area contributed by atoms with E-state index in [2.05, 4.69) is 15.2 Å². The first kappa shape index (κ1) is 11.0. The predicted molar refractivity (Wildman–Crippen MR) is 71.3 cm³/mol. The van der Waals surface area contributed by atoms with Crippen molar-refractivity contribution in [1.82, 2.24) is 19.7 Å². The Morgan fingerprint density at radius 1 is 1.42 bits per heavy atom. The molecular formula is C12H12N5OS+. The third-order valence-corrected chi connectivity index (χ3v) is 4.46. The number of aryl methyl sites for hydroxylation is 1. The maximum Gasteiger partial charge on any atom is 0.364 e. The number of fused-ring (bicyclic) bond motifs is 5. The van der Waals surface area contributed by atoms with Gasteiger partial charge in [-0.3, -0.25) is 4.79 Å². The van der Waals surface area contributed by atoms with Gasteiger partial charge in [0.15, 0.2) is 0 Å². The van der Waals surface area contributed by atoms with Crippen LogP contribution in [0, 0.1) is 0 Å². The van der Waals surface area contributed by atoms with Crippen LogP contribution < -0.4 is 10.2 Å². The SMILES string of the molecule is O=c1[nH]n2c3[n+](nc2c2ncccc12)CCCCS3. The summed E-state index contributed by atoms with van der Waals surface area (Å²) in [7, 11) is 0. The van der Waals surface area contributed by atoms with Gasteiger partial charge in [0, 0.05) is 11.9 Å². The van der Waals surface area contributed by atoms with Crippen molar-refractivity contribution in [2.24, 2.45) is 0 Å². The van der Waals surface area contributed by atoms with Crippen LogP contribution in [0.2, 0.25) is 0 Å². The van der Waals surface area contributed by atoms with Gasteiger partial charge in [-0.05, 0) is 41.8 Å². The lowest BCUT2D eigenvalue weighted by Gasteiger charge is -1.94. The molecule has 0 unspecified atom stereocenters. The standard InChI is InChI=1S/C12H11N5OS/c18-11-8-4-3-5-13-9(8)10-14-16-6-1-2-7-19-12(16)17(10)15-11/h3-5H,1-2,6-7H2/p+1. The fourth-order valence-corrected chi connectivity index (χ4v) is 3.48. The van der Waals surface area contributed by atoms with E-state index in [-0.39, 0.29) is 5.56 Å². The average Bonchev–Trinajstić information content (AvgIpc) is 2.63. The minimum atomic E-state index is -0.124. The number of hydrogen-bond acceptors (Lipinski definition) is 4. The first-order chi connectivity index (χ1) is 9.34. The second-order valence-corrected chi connectivity index (χ2v) is 5.62. The number of thioether (sulfide) groups is 1. The van der Waals surface area contributed by atoms with Crippen LogP contribution in [0.25, 0.3) is 16.6 Å². The van der Waals surface area contributed by atoms with Crippen molar-refractivity contribution in [3.8, 4) is 0 Å². The smallest absolute Gasteiger partial charge is 0.266 e. The first-order valence-electron chi connectivity index (χ1n) is 6.27. The molecule has 0 spiro atoms. The number of rotatable bonds is 0. The lowest BCUT2D eigenvalue weighted by Crippen LogP contribution is -2.37. The van der Waals surface area contributed by atoms with Crippen molar-refractivity contribution < 1.29 is 4.68 Å². The zero-order chi connectivity index (χ0) is 12.8. The molecule has 3 aromatic heterocycles. The molecule has 6 nitrogen and oxygen atoms in total. The molecule has 4 heterocycles. The number of nitrogens with zero attached hydrogens (tertiary/aromatic N) is 4. The molecule has 3 aromatic rings. The quantitative estimate of drug-likeness (QED) is 0.614. The van der Waals surface area contributed by atoms with Gasteiger partial charge >= 0.3 is 10.8 Å². The maximum atomic E-state index is 12.1. The van der Waals surface area contributed by atoms with Crippen LogP contribution in [-0.4, -0.2) is 25.4 Å². The van der Waals surface area contributed by atoms with E-state index in [1.54, 1.807) is 34.6 Å². The normalized spacial score (nSPS) is 15.6. The molecule has 96 valence electrons. The summed E-state index contributed by atoms with van der Waals surface area (Å²) in [5, 5.41) is 9.06. The molecule has 4 rings (SSSR count). The lowest BCUT2D eigenvalue weighted by molar-refractivity contribution is -0.784. The summed E-state index contributed by atoms with van der Waals surface area (Å²) in [5.41, 5.74) is 1.26. The van der Waals surface area contributed by atoms with E-state index in [9.17, 15) is 4.79 Å². The molecule has 0 saturated heterocycles. The zero-order valence-electron chi connectivity index (χ0n) is 10.2. The van der Waals surface area contributed by atoms with Gasteiger partial charge < -0.3 is 0 Å². The Hall–Kier alpha value is -1.89. The molecule has 0 fully saturated rings. The Balaban J connectivity index is 2.16. The molecule has 0 atom stereocenters. The van der Waals surface area contributed by atoms with Crippen molar-refractivity contribution in [3.05, 3.63) is 28.7 Å². The van der Waals surface area contributed by atoms with Crippen molar-refractivity contribution in [2.45, 2.75) is 24.5 Å². The van der Waals surface area contributed by atoms with Gasteiger partial charge in [-0.2, -0.15) is 5.10 Å². The summed E-state index contributed by atoms with van der Waals surface area (Å²) < 4.78 is 3.74. The van der Waals surface area contributed by atoms with E-state index >= 15 is 0 Å². The van der Waals surface area contributed by atoms with Crippen molar-refractivity contribution in [1.29, 1.82) is 0 Å². The third kappa shape index (κ3) is 1.58. The number of hydrogen-bond donors (Lipinski definition) is 1. The molecule has 0 amide bonds.